The zero-order chi connectivity index (χ0) is 14.5. The molecule has 2 rings (SSSR count). The quantitative estimate of drug-likeness (QED) is 0.879. The van der Waals surface area contributed by atoms with Crippen LogP contribution in [-0.4, -0.2) is 42.8 Å². The van der Waals surface area contributed by atoms with Gasteiger partial charge in [-0.1, -0.05) is 15.9 Å². The molecule has 1 aliphatic rings. The van der Waals surface area contributed by atoms with Crippen LogP contribution in [0.4, 0.5) is 4.79 Å². The van der Waals surface area contributed by atoms with Gasteiger partial charge < -0.3 is 20.1 Å². The number of aliphatic hydroxyl groups excluding tert-OH is 1. The molecule has 0 saturated carbocycles. The number of methoxy groups -OCH3 is 1. The first-order valence-electron chi connectivity index (χ1n) is 6.60. The maximum absolute atomic E-state index is 12.0. The highest BCUT2D eigenvalue weighted by atomic mass is 79.9. The first kappa shape index (κ1) is 15.1. The fraction of sp³-hybridized carbons (Fsp3) is 0.500. The summed E-state index contributed by atoms with van der Waals surface area (Å²) in [5.41, 5.74) is 0.924. The molecule has 6 heteroatoms. The minimum absolute atomic E-state index is 0.0945. The molecule has 2 amide bonds. The Morgan fingerprint density at radius 2 is 2.40 bits per heavy atom. The Morgan fingerprint density at radius 3 is 3.05 bits per heavy atom. The summed E-state index contributed by atoms with van der Waals surface area (Å²) in [6.07, 6.45) is 0.865. The summed E-state index contributed by atoms with van der Waals surface area (Å²) in [6, 6.07) is 5.60. The second-order valence-electron chi connectivity index (χ2n) is 4.90. The van der Waals surface area contributed by atoms with Crippen LogP contribution in [0.15, 0.2) is 22.7 Å². The van der Waals surface area contributed by atoms with Crippen molar-refractivity contribution in [3.8, 4) is 5.75 Å². The molecule has 0 radical (unpaired) electrons. The Labute approximate surface area is 127 Å². The third kappa shape index (κ3) is 3.64. The first-order chi connectivity index (χ1) is 9.63. The lowest BCUT2D eigenvalue weighted by atomic mass is 10.1. The summed E-state index contributed by atoms with van der Waals surface area (Å²) < 4.78 is 6.22. The second kappa shape index (κ2) is 6.95. The highest BCUT2D eigenvalue weighted by Crippen LogP contribution is 2.23. The number of urea groups is 1. The van der Waals surface area contributed by atoms with Gasteiger partial charge in [-0.15, -0.1) is 0 Å². The van der Waals surface area contributed by atoms with E-state index in [0.29, 0.717) is 19.6 Å². The van der Waals surface area contributed by atoms with Crippen molar-refractivity contribution in [3.63, 3.8) is 0 Å². The molecular formula is C14H19BrN2O3. The number of carbonyl (C=O) groups is 1. The average molecular weight is 343 g/mol. The van der Waals surface area contributed by atoms with Crippen molar-refractivity contribution in [2.45, 2.75) is 13.0 Å². The maximum Gasteiger partial charge on any atom is 0.317 e. The molecule has 0 spiro atoms. The van der Waals surface area contributed by atoms with E-state index in [1.807, 2.05) is 18.2 Å². The Kier molecular flexibility index (Phi) is 5.25. The number of aliphatic hydroxyl groups is 1. The van der Waals surface area contributed by atoms with E-state index in [2.05, 4.69) is 21.2 Å². The molecule has 5 nitrogen and oxygen atoms in total. The number of likely N-dealkylation sites (tertiary alicyclic amines) is 1. The summed E-state index contributed by atoms with van der Waals surface area (Å²) in [7, 11) is 1.61. The number of rotatable bonds is 4. The van der Waals surface area contributed by atoms with Crippen LogP contribution in [0.3, 0.4) is 0 Å². The van der Waals surface area contributed by atoms with E-state index in [1.165, 1.54) is 0 Å². The number of benzene rings is 1. The molecule has 1 aromatic carbocycles. The van der Waals surface area contributed by atoms with E-state index >= 15 is 0 Å². The van der Waals surface area contributed by atoms with Gasteiger partial charge in [-0.05, 0) is 24.6 Å². The second-order valence-corrected chi connectivity index (χ2v) is 5.81. The zero-order valence-electron chi connectivity index (χ0n) is 11.4. The van der Waals surface area contributed by atoms with Gasteiger partial charge in [-0.25, -0.2) is 4.79 Å². The van der Waals surface area contributed by atoms with Crippen LogP contribution >= 0.6 is 15.9 Å². The minimum atomic E-state index is -0.0945. The molecule has 1 atom stereocenters. The van der Waals surface area contributed by atoms with E-state index in [1.54, 1.807) is 12.0 Å². The Bertz CT molecular complexity index is 481. The van der Waals surface area contributed by atoms with E-state index in [9.17, 15) is 4.79 Å². The van der Waals surface area contributed by atoms with Crippen molar-refractivity contribution < 1.29 is 14.6 Å². The van der Waals surface area contributed by atoms with Gasteiger partial charge in [-0.3, -0.25) is 0 Å². The number of halogens is 1. The largest absolute Gasteiger partial charge is 0.496 e. The van der Waals surface area contributed by atoms with Gasteiger partial charge in [-0.2, -0.15) is 0 Å². The molecule has 0 aliphatic carbocycles. The Morgan fingerprint density at radius 1 is 1.60 bits per heavy atom. The summed E-state index contributed by atoms with van der Waals surface area (Å²) in [6.45, 7) is 1.88. The number of nitrogens with zero attached hydrogens (tertiary/aromatic N) is 1. The number of amides is 2. The molecule has 2 N–H and O–H groups in total. The number of hydrogen-bond acceptors (Lipinski definition) is 3. The SMILES string of the molecule is COc1ccc(Br)cc1CNC(=O)N1CCC(CO)C1. The smallest absolute Gasteiger partial charge is 0.317 e. The fourth-order valence-corrected chi connectivity index (χ4v) is 2.74. The summed E-state index contributed by atoms with van der Waals surface area (Å²) in [5.74, 6) is 0.962. The lowest BCUT2D eigenvalue weighted by Gasteiger charge is -2.18. The predicted molar refractivity (Wildman–Crippen MR) is 79.7 cm³/mol. The molecule has 1 aromatic rings. The molecule has 0 aromatic heterocycles. The summed E-state index contributed by atoms with van der Waals surface area (Å²) in [5, 5.41) is 12.0. The number of carbonyl (C=O) groups excluding carboxylic acids is 1. The van der Waals surface area contributed by atoms with Crippen LogP contribution < -0.4 is 10.1 Å². The molecule has 0 bridgehead atoms. The number of ether oxygens (including phenoxy) is 1. The molecule has 1 fully saturated rings. The maximum atomic E-state index is 12.0. The van der Waals surface area contributed by atoms with E-state index in [-0.39, 0.29) is 18.6 Å². The van der Waals surface area contributed by atoms with Gasteiger partial charge in [0.15, 0.2) is 0 Å². The van der Waals surface area contributed by atoms with Gasteiger partial charge in [0.25, 0.3) is 0 Å². The lowest BCUT2D eigenvalue weighted by Crippen LogP contribution is -2.38. The van der Waals surface area contributed by atoms with Crippen molar-refractivity contribution in [1.82, 2.24) is 10.2 Å². The minimum Gasteiger partial charge on any atom is -0.496 e. The molecule has 1 unspecified atom stereocenters. The number of nitrogens with one attached hydrogen (secondary N) is 1. The van der Waals surface area contributed by atoms with E-state index in [4.69, 9.17) is 9.84 Å². The van der Waals surface area contributed by atoms with Gasteiger partial charge in [0.2, 0.25) is 0 Å². The van der Waals surface area contributed by atoms with Crippen LogP contribution in [0.25, 0.3) is 0 Å². The van der Waals surface area contributed by atoms with Crippen molar-refractivity contribution in [1.29, 1.82) is 0 Å². The normalized spacial score (nSPS) is 18.1. The molecule has 1 aliphatic heterocycles. The monoisotopic (exact) mass is 342 g/mol. The highest BCUT2D eigenvalue weighted by Gasteiger charge is 2.25. The fourth-order valence-electron chi connectivity index (χ4n) is 2.33. The Balaban J connectivity index is 1.92. The third-order valence-corrected chi connectivity index (χ3v) is 4.00. The van der Waals surface area contributed by atoms with Gasteiger partial charge in [0.05, 0.1) is 7.11 Å². The van der Waals surface area contributed by atoms with Crippen LogP contribution in [0.1, 0.15) is 12.0 Å². The van der Waals surface area contributed by atoms with Crippen LogP contribution in [0.2, 0.25) is 0 Å². The standard InChI is InChI=1S/C14H19BrN2O3/c1-20-13-3-2-12(15)6-11(13)7-16-14(19)17-5-4-10(8-17)9-18/h2-3,6,10,18H,4-5,7-9H2,1H3,(H,16,19). The average Bonchev–Trinajstić information content (AvgIpc) is 2.94. The van der Waals surface area contributed by atoms with Crippen LogP contribution in [0, 0.1) is 5.92 Å². The summed E-state index contributed by atoms with van der Waals surface area (Å²) >= 11 is 3.41. The van der Waals surface area contributed by atoms with Crippen LogP contribution in [0.5, 0.6) is 5.75 Å². The van der Waals surface area contributed by atoms with Crippen molar-refractivity contribution in [2.24, 2.45) is 5.92 Å². The van der Waals surface area contributed by atoms with Crippen molar-refractivity contribution in [2.75, 3.05) is 26.8 Å². The summed E-state index contributed by atoms with van der Waals surface area (Å²) in [4.78, 5) is 13.8. The van der Waals surface area contributed by atoms with Crippen molar-refractivity contribution in [3.05, 3.63) is 28.2 Å². The molecule has 110 valence electrons. The molecule has 1 heterocycles. The predicted octanol–water partition coefficient (Wildman–Crippen LogP) is 1.98. The van der Waals surface area contributed by atoms with Crippen LogP contribution in [-0.2, 0) is 6.54 Å². The number of hydrogen-bond donors (Lipinski definition) is 2. The third-order valence-electron chi connectivity index (χ3n) is 3.50. The lowest BCUT2D eigenvalue weighted by molar-refractivity contribution is 0.198. The Hall–Kier alpha value is -1.27. The van der Waals surface area contributed by atoms with Gasteiger partial charge >= 0.3 is 6.03 Å². The highest BCUT2D eigenvalue weighted by molar-refractivity contribution is 9.10. The van der Waals surface area contributed by atoms with E-state index in [0.717, 1.165) is 22.2 Å². The van der Waals surface area contributed by atoms with Crippen molar-refractivity contribution >= 4 is 22.0 Å². The molecular weight excluding hydrogens is 324 g/mol. The molecule has 20 heavy (non-hydrogen) atoms. The topological polar surface area (TPSA) is 61.8 Å². The molecule has 1 saturated heterocycles. The first-order valence-corrected chi connectivity index (χ1v) is 7.39. The van der Waals surface area contributed by atoms with Gasteiger partial charge in [0.1, 0.15) is 5.75 Å². The van der Waals surface area contributed by atoms with E-state index < -0.39 is 0 Å². The van der Waals surface area contributed by atoms with Gasteiger partial charge in [0, 0.05) is 42.2 Å². The zero-order valence-corrected chi connectivity index (χ0v) is 13.0.